The van der Waals surface area contributed by atoms with Crippen LogP contribution in [-0.2, 0) is 54.5 Å². The topological polar surface area (TPSA) is 184 Å². The van der Waals surface area contributed by atoms with Gasteiger partial charge in [-0.15, -0.1) is 0 Å². The molecule has 0 fully saturated rings. The lowest BCUT2D eigenvalue weighted by molar-refractivity contribution is -0.144. The van der Waals surface area contributed by atoms with Crippen LogP contribution in [-0.4, -0.2) is 58.6 Å². The molecule has 12 heteroatoms. The van der Waals surface area contributed by atoms with Crippen LogP contribution >= 0.6 is 0 Å². The van der Waals surface area contributed by atoms with Gasteiger partial charge in [-0.2, -0.15) is 0 Å². The summed E-state index contributed by atoms with van der Waals surface area (Å²) >= 11 is 0. The molecular formula is C45H44N4O8. The maximum Gasteiger partial charge on any atom is 0.307 e. The molecule has 7 rings (SSSR count). The van der Waals surface area contributed by atoms with Crippen molar-refractivity contribution in [2.24, 2.45) is 5.92 Å². The second-order valence-corrected chi connectivity index (χ2v) is 14.1. The number of ketones is 1. The predicted molar refractivity (Wildman–Crippen MR) is 213 cm³/mol. The monoisotopic (exact) mass is 768 g/mol. The molecule has 0 aliphatic carbocycles. The molecule has 5 N–H and O–H groups in total. The summed E-state index contributed by atoms with van der Waals surface area (Å²) in [5.74, 6) is -4.73. The van der Waals surface area contributed by atoms with Gasteiger partial charge in [0.25, 0.3) is 0 Å². The number of benzene rings is 4. The van der Waals surface area contributed by atoms with Crippen LogP contribution in [0.3, 0.4) is 0 Å². The third kappa shape index (κ3) is 11.6. The molecule has 0 spiro atoms. The Labute approximate surface area is 330 Å². The fraction of sp³-hybridized carbons (Fsp3) is 0.244. The van der Waals surface area contributed by atoms with E-state index < -0.39 is 59.4 Å². The molecule has 12 nitrogen and oxygen atoms in total. The minimum absolute atomic E-state index is 0.0219. The van der Waals surface area contributed by atoms with Crippen molar-refractivity contribution in [3.8, 4) is 11.1 Å². The van der Waals surface area contributed by atoms with Crippen molar-refractivity contribution in [1.29, 1.82) is 0 Å². The summed E-state index contributed by atoms with van der Waals surface area (Å²) in [4.78, 5) is 81.1. The molecule has 2 aliphatic heterocycles. The molecule has 4 atom stereocenters. The second-order valence-electron chi connectivity index (χ2n) is 14.1. The van der Waals surface area contributed by atoms with Crippen molar-refractivity contribution >= 4 is 41.1 Å². The van der Waals surface area contributed by atoms with Crippen molar-refractivity contribution in [2.45, 2.75) is 63.1 Å². The molecule has 0 saturated carbocycles. The first-order valence-electron chi connectivity index (χ1n) is 18.8. The number of carboxylic acid groups (broad SMARTS) is 1. The van der Waals surface area contributed by atoms with E-state index in [9.17, 15) is 33.9 Å². The number of anilines is 1. The van der Waals surface area contributed by atoms with Crippen molar-refractivity contribution < 1.29 is 38.3 Å². The van der Waals surface area contributed by atoms with Gasteiger partial charge in [-0.1, -0.05) is 97.1 Å². The van der Waals surface area contributed by atoms with Gasteiger partial charge in [-0.25, -0.2) is 0 Å². The number of nitrogens with one attached hydrogen (secondary N) is 4. The highest BCUT2D eigenvalue weighted by Crippen LogP contribution is 2.21. The standard InChI is InChI=1S/C45H44N4O8/c50-40-27-34(45(55)56)24-30-15-19-35(20-16-30)46-41(51)21-22-42(52)47-39(28-36-12-7-23-57-36)44(54)49-38(43(53)48-37(40)25-29-8-3-1-4-9-29)26-31-13-17-33(18-14-31)32-10-5-2-6-11-32/h1-20,23,34,37-39H,21-22,24-28H2,(H,46,51)(H,47,52)(H,48,53)(H,49,54)(H,55,56)/t34-,37-,38+,39-/m1/s1. The highest BCUT2D eigenvalue weighted by molar-refractivity contribution is 5.97. The zero-order valence-electron chi connectivity index (χ0n) is 31.2. The van der Waals surface area contributed by atoms with Crippen LogP contribution < -0.4 is 21.3 Å². The summed E-state index contributed by atoms with van der Waals surface area (Å²) in [6, 6.07) is 32.7. The number of hydrogen-bond acceptors (Lipinski definition) is 7. The van der Waals surface area contributed by atoms with Gasteiger partial charge in [0.1, 0.15) is 17.8 Å². The molecule has 4 amide bonds. The van der Waals surface area contributed by atoms with Gasteiger partial charge < -0.3 is 30.8 Å². The SMILES string of the molecule is O=C1CCC(=O)N[C@H](Cc2ccco2)C(=O)N[C@@H](Cc2ccc(-c3ccccc3)cc2)C(=O)N[C@H](Cc2ccccc2)C(=O)C[C@H](C(=O)O)Cc2ccc(cc2)N1. The number of furan rings is 1. The van der Waals surface area contributed by atoms with Crippen molar-refractivity contribution in [3.63, 3.8) is 0 Å². The van der Waals surface area contributed by atoms with Crippen molar-refractivity contribution in [1.82, 2.24) is 16.0 Å². The number of carboxylic acids is 1. The number of fused-ring (bicyclic) bond motifs is 18. The van der Waals surface area contributed by atoms with Gasteiger partial charge in [0.05, 0.1) is 18.2 Å². The number of aliphatic carboxylic acids is 1. The van der Waals surface area contributed by atoms with Crippen LogP contribution in [0.5, 0.6) is 0 Å². The average Bonchev–Trinajstić information content (AvgIpc) is 3.73. The minimum atomic E-state index is -1.23. The first kappa shape index (κ1) is 39.9. The molecule has 4 aromatic carbocycles. The summed E-state index contributed by atoms with van der Waals surface area (Å²) < 4.78 is 5.49. The Bertz CT molecular complexity index is 2150. The van der Waals surface area contributed by atoms with E-state index in [2.05, 4.69) is 21.3 Å². The van der Waals surface area contributed by atoms with E-state index >= 15 is 0 Å². The Morgan fingerprint density at radius 3 is 1.81 bits per heavy atom. The maximum absolute atomic E-state index is 14.4. The first-order chi connectivity index (χ1) is 27.6. The summed E-state index contributed by atoms with van der Waals surface area (Å²) in [6.07, 6.45) is 0.732. The van der Waals surface area contributed by atoms with E-state index in [1.807, 2.05) is 72.8 Å². The number of carbonyl (C=O) groups is 6. The lowest BCUT2D eigenvalue weighted by atomic mass is 9.90. The smallest absolute Gasteiger partial charge is 0.307 e. The molecular weight excluding hydrogens is 725 g/mol. The predicted octanol–water partition coefficient (Wildman–Crippen LogP) is 5.06. The van der Waals surface area contributed by atoms with E-state index in [4.69, 9.17) is 4.42 Å². The Kier molecular flexibility index (Phi) is 13.4. The quantitative estimate of drug-likeness (QED) is 0.136. The molecule has 0 radical (unpaired) electrons. The summed E-state index contributed by atoms with van der Waals surface area (Å²) in [5.41, 5.74) is 4.48. The largest absolute Gasteiger partial charge is 0.481 e. The Balaban J connectivity index is 1.34. The zero-order chi connectivity index (χ0) is 40.1. The van der Waals surface area contributed by atoms with Gasteiger partial charge in [0.15, 0.2) is 5.78 Å². The van der Waals surface area contributed by atoms with Gasteiger partial charge in [-0.05, 0) is 64.9 Å². The number of carbonyl (C=O) groups excluding carboxylic acids is 5. The molecule has 3 heterocycles. The molecule has 2 bridgehead atoms. The van der Waals surface area contributed by atoms with Gasteiger partial charge in [-0.3, -0.25) is 28.8 Å². The van der Waals surface area contributed by atoms with Crippen LogP contribution in [0, 0.1) is 5.92 Å². The van der Waals surface area contributed by atoms with Crippen molar-refractivity contribution in [2.75, 3.05) is 5.32 Å². The molecule has 0 unspecified atom stereocenters. The minimum Gasteiger partial charge on any atom is -0.481 e. The Morgan fingerprint density at radius 1 is 0.579 bits per heavy atom. The van der Waals surface area contributed by atoms with E-state index in [1.54, 1.807) is 48.5 Å². The number of hydrogen-bond donors (Lipinski definition) is 5. The van der Waals surface area contributed by atoms with E-state index in [0.717, 1.165) is 16.7 Å². The molecule has 2 aliphatic rings. The lowest BCUT2D eigenvalue weighted by Crippen LogP contribution is -2.57. The molecule has 1 aromatic heterocycles. The molecule has 57 heavy (non-hydrogen) atoms. The molecule has 0 saturated heterocycles. The summed E-state index contributed by atoms with van der Waals surface area (Å²) in [6.45, 7) is 0. The summed E-state index contributed by atoms with van der Waals surface area (Å²) in [5, 5.41) is 21.3. The second kappa shape index (κ2) is 19.2. The van der Waals surface area contributed by atoms with Gasteiger partial charge in [0.2, 0.25) is 23.6 Å². The van der Waals surface area contributed by atoms with Gasteiger partial charge >= 0.3 is 5.97 Å². The highest BCUT2D eigenvalue weighted by atomic mass is 16.4. The zero-order valence-corrected chi connectivity index (χ0v) is 31.2. The highest BCUT2D eigenvalue weighted by Gasteiger charge is 2.33. The third-order valence-corrected chi connectivity index (χ3v) is 9.85. The Morgan fingerprint density at radius 2 is 1.16 bits per heavy atom. The summed E-state index contributed by atoms with van der Waals surface area (Å²) in [7, 11) is 0. The fourth-order valence-electron chi connectivity index (χ4n) is 6.75. The van der Waals surface area contributed by atoms with E-state index in [1.165, 1.54) is 6.26 Å². The fourth-order valence-corrected chi connectivity index (χ4v) is 6.75. The molecule has 292 valence electrons. The van der Waals surface area contributed by atoms with Crippen LogP contribution in [0.25, 0.3) is 11.1 Å². The van der Waals surface area contributed by atoms with Crippen molar-refractivity contribution in [3.05, 3.63) is 150 Å². The van der Waals surface area contributed by atoms with Gasteiger partial charge in [0, 0.05) is 37.8 Å². The third-order valence-electron chi connectivity index (χ3n) is 9.85. The van der Waals surface area contributed by atoms with Crippen LogP contribution in [0.2, 0.25) is 0 Å². The molecule has 5 aromatic rings. The van der Waals surface area contributed by atoms with E-state index in [0.29, 0.717) is 22.6 Å². The number of Topliss-reactive ketones (excluding diaryl/α,β-unsaturated/α-hetero) is 1. The van der Waals surface area contributed by atoms with E-state index in [-0.39, 0.29) is 44.9 Å². The number of rotatable bonds is 8. The van der Waals surface area contributed by atoms with Crippen LogP contribution in [0.15, 0.2) is 132 Å². The normalized spacial score (nSPS) is 20.0. The number of amides is 4. The maximum atomic E-state index is 14.4. The average molecular weight is 769 g/mol. The first-order valence-corrected chi connectivity index (χ1v) is 18.8. The van der Waals surface area contributed by atoms with Crippen LogP contribution in [0.4, 0.5) is 5.69 Å². The Hall–Kier alpha value is -6.82. The van der Waals surface area contributed by atoms with Crippen LogP contribution in [0.1, 0.15) is 41.7 Å². The lowest BCUT2D eigenvalue weighted by Gasteiger charge is -2.26.